The highest BCUT2D eigenvalue weighted by molar-refractivity contribution is 5.54. The fourth-order valence-electron chi connectivity index (χ4n) is 2.07. The molecule has 0 unspecified atom stereocenters. The van der Waals surface area contributed by atoms with Crippen LogP contribution in [0.1, 0.15) is 23.1 Å². The summed E-state index contributed by atoms with van der Waals surface area (Å²) < 4.78 is 24.4. The third-order valence-corrected chi connectivity index (χ3v) is 2.98. The molecule has 2 N–H and O–H groups in total. The summed E-state index contributed by atoms with van der Waals surface area (Å²) in [6.45, 7) is 4.14. The average molecular weight is 241 g/mol. The normalized spacial score (nSPS) is 10.5. The zero-order valence-electron chi connectivity index (χ0n) is 10.9. The van der Waals surface area contributed by atoms with E-state index in [1.54, 1.807) is 14.0 Å². The Kier molecular flexibility index (Phi) is 4.75. The molecule has 96 valence electrons. The van der Waals surface area contributed by atoms with Crippen LogP contribution in [0.5, 0.6) is 11.5 Å². The monoisotopic (exact) mass is 241 g/mol. The molecule has 0 spiro atoms. The van der Waals surface area contributed by atoms with Gasteiger partial charge >= 0.3 is 0 Å². The zero-order chi connectivity index (χ0) is 13.0. The number of benzene rings is 1. The molecular formula is C13H20FNO2. The number of rotatable bonds is 5. The molecule has 0 aliphatic rings. The van der Waals surface area contributed by atoms with Gasteiger partial charge in [0.15, 0.2) is 11.6 Å². The Morgan fingerprint density at radius 3 is 2.12 bits per heavy atom. The molecule has 0 aromatic heterocycles. The van der Waals surface area contributed by atoms with Gasteiger partial charge < -0.3 is 15.2 Å². The van der Waals surface area contributed by atoms with Gasteiger partial charge in [-0.05, 0) is 33.2 Å². The van der Waals surface area contributed by atoms with Crippen molar-refractivity contribution in [1.82, 2.24) is 0 Å². The van der Waals surface area contributed by atoms with Gasteiger partial charge in [0.1, 0.15) is 5.75 Å². The largest absolute Gasteiger partial charge is 0.496 e. The Bertz CT molecular complexity index is 405. The molecule has 0 amide bonds. The maximum atomic E-state index is 14.0. The first-order valence-corrected chi connectivity index (χ1v) is 5.68. The molecule has 0 saturated carbocycles. The Morgan fingerprint density at radius 2 is 1.65 bits per heavy atom. The molecule has 0 aliphatic carbocycles. The lowest BCUT2D eigenvalue weighted by atomic mass is 9.98. The molecule has 1 aromatic carbocycles. The Hall–Kier alpha value is -1.29. The Morgan fingerprint density at radius 1 is 1.06 bits per heavy atom. The second-order valence-corrected chi connectivity index (χ2v) is 4.00. The summed E-state index contributed by atoms with van der Waals surface area (Å²) in [5, 5.41) is 0. The smallest absolute Gasteiger partial charge is 0.171 e. The van der Waals surface area contributed by atoms with E-state index in [-0.39, 0.29) is 5.82 Å². The minimum atomic E-state index is -0.349. The van der Waals surface area contributed by atoms with Gasteiger partial charge in [0.25, 0.3) is 0 Å². The van der Waals surface area contributed by atoms with E-state index in [0.29, 0.717) is 23.6 Å². The summed E-state index contributed by atoms with van der Waals surface area (Å²) in [5.41, 5.74) is 7.77. The van der Waals surface area contributed by atoms with Crippen LogP contribution in [0.15, 0.2) is 0 Å². The summed E-state index contributed by atoms with van der Waals surface area (Å²) in [6, 6.07) is 0. The van der Waals surface area contributed by atoms with Crippen LogP contribution in [0.4, 0.5) is 4.39 Å². The molecule has 0 fully saturated rings. The second-order valence-electron chi connectivity index (χ2n) is 4.00. The van der Waals surface area contributed by atoms with Gasteiger partial charge in [0.05, 0.1) is 14.2 Å². The molecule has 0 radical (unpaired) electrons. The predicted molar refractivity (Wildman–Crippen MR) is 66.4 cm³/mol. The molecule has 0 heterocycles. The Balaban J connectivity index is 3.38. The number of hydrogen-bond donors (Lipinski definition) is 1. The fraction of sp³-hybridized carbons (Fsp3) is 0.538. The van der Waals surface area contributed by atoms with E-state index in [1.807, 2.05) is 6.92 Å². The fourth-order valence-corrected chi connectivity index (χ4v) is 2.07. The lowest BCUT2D eigenvalue weighted by molar-refractivity contribution is 0.367. The van der Waals surface area contributed by atoms with Gasteiger partial charge in [0, 0.05) is 16.7 Å². The summed E-state index contributed by atoms with van der Waals surface area (Å²) in [6.07, 6.45) is 1.61. The average Bonchev–Trinajstić information content (AvgIpc) is 2.33. The second kappa shape index (κ2) is 5.87. The van der Waals surface area contributed by atoms with Crippen LogP contribution in [0, 0.1) is 19.7 Å². The first-order valence-electron chi connectivity index (χ1n) is 5.68. The SMILES string of the molecule is COc1c(C)c(CCCN)c(OC)c(C)c1F. The maximum absolute atomic E-state index is 14.0. The first-order chi connectivity index (χ1) is 8.08. The van der Waals surface area contributed by atoms with Gasteiger partial charge in [0.2, 0.25) is 0 Å². The quantitative estimate of drug-likeness (QED) is 0.860. The van der Waals surface area contributed by atoms with Crippen molar-refractivity contribution in [2.45, 2.75) is 26.7 Å². The van der Waals surface area contributed by atoms with E-state index in [4.69, 9.17) is 15.2 Å². The van der Waals surface area contributed by atoms with Crippen LogP contribution in [-0.2, 0) is 6.42 Å². The molecular weight excluding hydrogens is 221 g/mol. The van der Waals surface area contributed by atoms with Crippen LogP contribution in [0.3, 0.4) is 0 Å². The van der Waals surface area contributed by atoms with Crippen molar-refractivity contribution < 1.29 is 13.9 Å². The van der Waals surface area contributed by atoms with Crippen LogP contribution in [0.2, 0.25) is 0 Å². The summed E-state index contributed by atoms with van der Waals surface area (Å²) in [5.74, 6) is 0.558. The number of nitrogens with two attached hydrogens (primary N) is 1. The highest BCUT2D eigenvalue weighted by Gasteiger charge is 2.20. The Labute approximate surface area is 102 Å². The van der Waals surface area contributed by atoms with Crippen LogP contribution in [-0.4, -0.2) is 20.8 Å². The molecule has 17 heavy (non-hydrogen) atoms. The molecule has 0 atom stereocenters. The molecule has 0 bridgehead atoms. The van der Waals surface area contributed by atoms with Gasteiger partial charge in [-0.3, -0.25) is 0 Å². The lowest BCUT2D eigenvalue weighted by Crippen LogP contribution is -2.07. The third kappa shape index (κ3) is 2.52. The molecule has 1 aromatic rings. The van der Waals surface area contributed by atoms with Crippen LogP contribution < -0.4 is 15.2 Å². The first kappa shape index (κ1) is 13.8. The lowest BCUT2D eigenvalue weighted by Gasteiger charge is -2.18. The van der Waals surface area contributed by atoms with Gasteiger partial charge in [-0.25, -0.2) is 4.39 Å². The maximum Gasteiger partial charge on any atom is 0.171 e. The van der Waals surface area contributed by atoms with Crippen molar-refractivity contribution in [3.8, 4) is 11.5 Å². The van der Waals surface area contributed by atoms with Crippen molar-refractivity contribution in [3.05, 3.63) is 22.5 Å². The number of methoxy groups -OCH3 is 2. The van der Waals surface area contributed by atoms with Crippen molar-refractivity contribution in [2.24, 2.45) is 5.73 Å². The van der Waals surface area contributed by atoms with E-state index >= 15 is 0 Å². The van der Waals surface area contributed by atoms with Crippen molar-refractivity contribution in [1.29, 1.82) is 0 Å². The number of ether oxygens (including phenoxy) is 2. The topological polar surface area (TPSA) is 44.5 Å². The van der Waals surface area contributed by atoms with E-state index in [9.17, 15) is 4.39 Å². The van der Waals surface area contributed by atoms with Crippen LogP contribution >= 0.6 is 0 Å². The minimum Gasteiger partial charge on any atom is -0.496 e. The third-order valence-electron chi connectivity index (χ3n) is 2.98. The number of hydrogen-bond acceptors (Lipinski definition) is 3. The standard InChI is InChI=1S/C13H20FNO2/c1-8-10(6-5-7-15)12(16-3)9(2)11(14)13(8)17-4/h5-7,15H2,1-4H3. The molecule has 4 heteroatoms. The van der Waals surface area contributed by atoms with Crippen molar-refractivity contribution >= 4 is 0 Å². The van der Waals surface area contributed by atoms with E-state index in [1.165, 1.54) is 7.11 Å². The van der Waals surface area contributed by atoms with Gasteiger partial charge in [-0.1, -0.05) is 0 Å². The molecule has 3 nitrogen and oxygen atoms in total. The summed E-state index contributed by atoms with van der Waals surface area (Å²) in [7, 11) is 3.03. The minimum absolute atomic E-state index is 0.301. The van der Waals surface area contributed by atoms with Crippen molar-refractivity contribution in [3.63, 3.8) is 0 Å². The predicted octanol–water partition coefficient (Wildman–Crippen LogP) is 2.35. The van der Waals surface area contributed by atoms with Crippen molar-refractivity contribution in [2.75, 3.05) is 20.8 Å². The van der Waals surface area contributed by atoms with E-state index in [0.717, 1.165) is 24.0 Å². The van der Waals surface area contributed by atoms with E-state index < -0.39 is 0 Å². The van der Waals surface area contributed by atoms with Crippen LogP contribution in [0.25, 0.3) is 0 Å². The zero-order valence-corrected chi connectivity index (χ0v) is 10.9. The highest BCUT2D eigenvalue weighted by atomic mass is 19.1. The highest BCUT2D eigenvalue weighted by Crippen LogP contribution is 2.37. The molecule has 1 rings (SSSR count). The number of halogens is 1. The van der Waals surface area contributed by atoms with Gasteiger partial charge in [-0.2, -0.15) is 0 Å². The molecule has 0 saturated heterocycles. The van der Waals surface area contributed by atoms with E-state index in [2.05, 4.69) is 0 Å². The molecule has 0 aliphatic heterocycles. The summed E-state index contributed by atoms with van der Waals surface area (Å²) >= 11 is 0. The summed E-state index contributed by atoms with van der Waals surface area (Å²) in [4.78, 5) is 0. The van der Waals surface area contributed by atoms with Gasteiger partial charge in [-0.15, -0.1) is 0 Å².